The van der Waals surface area contributed by atoms with Gasteiger partial charge in [0.25, 0.3) is 5.95 Å². The van der Waals surface area contributed by atoms with Gasteiger partial charge in [-0.2, -0.15) is 4.98 Å². The molecular formula is C17H22N4O. The van der Waals surface area contributed by atoms with Crippen LogP contribution in [0.3, 0.4) is 0 Å². The van der Waals surface area contributed by atoms with Crippen LogP contribution in [0.1, 0.15) is 30.2 Å². The van der Waals surface area contributed by atoms with Crippen molar-refractivity contribution in [1.82, 2.24) is 15.5 Å². The van der Waals surface area contributed by atoms with Gasteiger partial charge in [-0.3, -0.25) is 0 Å². The van der Waals surface area contributed by atoms with Crippen LogP contribution in [0.5, 0.6) is 0 Å². The predicted octanol–water partition coefficient (Wildman–Crippen LogP) is 2.22. The van der Waals surface area contributed by atoms with Crippen LogP contribution in [0.2, 0.25) is 0 Å². The van der Waals surface area contributed by atoms with Crippen LogP contribution >= 0.6 is 0 Å². The number of benzene rings is 1. The Hall–Kier alpha value is -1.88. The first-order valence-electron chi connectivity index (χ1n) is 8.21. The van der Waals surface area contributed by atoms with Crippen molar-refractivity contribution in [3.63, 3.8) is 0 Å². The molecule has 0 spiro atoms. The Morgan fingerprint density at radius 1 is 1.14 bits per heavy atom. The molecule has 2 aromatic rings. The molecule has 5 heteroatoms. The molecule has 1 N–H and O–H groups in total. The van der Waals surface area contributed by atoms with Crippen molar-refractivity contribution in [3.8, 4) is 0 Å². The molecule has 0 atom stereocenters. The number of anilines is 1. The summed E-state index contributed by atoms with van der Waals surface area (Å²) in [5, 5.41) is 7.47. The zero-order chi connectivity index (χ0) is 14.8. The number of piperazine rings is 1. The van der Waals surface area contributed by atoms with E-state index in [0.29, 0.717) is 11.8 Å². The Morgan fingerprint density at radius 3 is 2.68 bits per heavy atom. The molecule has 1 aliphatic heterocycles. The Balaban J connectivity index is 1.31. The Bertz CT molecular complexity index is 600. The van der Waals surface area contributed by atoms with Crippen LogP contribution in [-0.2, 0) is 6.42 Å². The van der Waals surface area contributed by atoms with Gasteiger partial charge in [-0.05, 0) is 35.4 Å². The SMILES string of the molecule is c1ccc(C2CC(Cc3nc(N4CCNCC4)no3)C2)cc1. The van der Waals surface area contributed by atoms with E-state index in [9.17, 15) is 0 Å². The minimum Gasteiger partial charge on any atom is -0.337 e. The summed E-state index contributed by atoms with van der Waals surface area (Å²) in [5.41, 5.74) is 1.46. The van der Waals surface area contributed by atoms with Crippen LogP contribution in [0.4, 0.5) is 5.95 Å². The highest BCUT2D eigenvalue weighted by atomic mass is 16.5. The van der Waals surface area contributed by atoms with Crippen LogP contribution < -0.4 is 10.2 Å². The lowest BCUT2D eigenvalue weighted by Crippen LogP contribution is -2.44. The highest BCUT2D eigenvalue weighted by molar-refractivity contribution is 5.28. The topological polar surface area (TPSA) is 54.2 Å². The molecule has 22 heavy (non-hydrogen) atoms. The third kappa shape index (κ3) is 2.86. The average molecular weight is 298 g/mol. The lowest BCUT2D eigenvalue weighted by molar-refractivity contribution is 0.236. The maximum Gasteiger partial charge on any atom is 0.266 e. The van der Waals surface area contributed by atoms with Gasteiger partial charge in [0, 0.05) is 32.6 Å². The molecule has 0 unspecified atom stereocenters. The molecule has 1 aromatic heterocycles. The van der Waals surface area contributed by atoms with Gasteiger partial charge in [-0.1, -0.05) is 30.3 Å². The van der Waals surface area contributed by atoms with Gasteiger partial charge in [0.2, 0.25) is 5.89 Å². The summed E-state index contributed by atoms with van der Waals surface area (Å²) in [7, 11) is 0. The van der Waals surface area contributed by atoms with Gasteiger partial charge >= 0.3 is 0 Å². The molecule has 0 amide bonds. The molecule has 5 nitrogen and oxygen atoms in total. The molecule has 0 radical (unpaired) electrons. The van der Waals surface area contributed by atoms with Crippen molar-refractivity contribution in [1.29, 1.82) is 0 Å². The van der Waals surface area contributed by atoms with Gasteiger partial charge < -0.3 is 14.7 Å². The first kappa shape index (κ1) is 13.8. The van der Waals surface area contributed by atoms with Gasteiger partial charge in [0.15, 0.2) is 0 Å². The van der Waals surface area contributed by atoms with Gasteiger partial charge in [0.05, 0.1) is 0 Å². The fourth-order valence-corrected chi connectivity index (χ4v) is 3.47. The maximum absolute atomic E-state index is 5.44. The van der Waals surface area contributed by atoms with Gasteiger partial charge in [-0.15, -0.1) is 0 Å². The third-order valence-electron chi connectivity index (χ3n) is 4.83. The minimum atomic E-state index is 0.682. The maximum atomic E-state index is 5.44. The lowest BCUT2D eigenvalue weighted by atomic mass is 9.70. The van der Waals surface area contributed by atoms with E-state index in [1.165, 1.54) is 18.4 Å². The van der Waals surface area contributed by atoms with Crippen molar-refractivity contribution >= 4 is 5.95 Å². The second-order valence-corrected chi connectivity index (χ2v) is 6.37. The highest BCUT2D eigenvalue weighted by Gasteiger charge is 2.31. The van der Waals surface area contributed by atoms with E-state index in [2.05, 4.69) is 50.7 Å². The van der Waals surface area contributed by atoms with Gasteiger partial charge in [-0.25, -0.2) is 0 Å². The third-order valence-corrected chi connectivity index (χ3v) is 4.83. The van der Waals surface area contributed by atoms with E-state index in [0.717, 1.165) is 44.4 Å². The Kier molecular flexibility index (Phi) is 3.81. The molecule has 1 aromatic carbocycles. The molecule has 2 fully saturated rings. The molecule has 0 bridgehead atoms. The summed E-state index contributed by atoms with van der Waals surface area (Å²) in [6.07, 6.45) is 3.38. The van der Waals surface area contributed by atoms with Crippen molar-refractivity contribution in [2.45, 2.75) is 25.2 Å². The van der Waals surface area contributed by atoms with Crippen molar-refractivity contribution in [3.05, 3.63) is 41.8 Å². The Labute approximate surface area is 130 Å². The second-order valence-electron chi connectivity index (χ2n) is 6.37. The van der Waals surface area contributed by atoms with Crippen LogP contribution in [0.15, 0.2) is 34.9 Å². The van der Waals surface area contributed by atoms with Crippen molar-refractivity contribution in [2.24, 2.45) is 5.92 Å². The summed E-state index contributed by atoms with van der Waals surface area (Å²) in [5.74, 6) is 2.95. The number of hydrogen-bond acceptors (Lipinski definition) is 5. The van der Waals surface area contributed by atoms with Crippen molar-refractivity contribution < 1.29 is 4.52 Å². The fourth-order valence-electron chi connectivity index (χ4n) is 3.47. The molecular weight excluding hydrogens is 276 g/mol. The average Bonchev–Trinajstić information content (AvgIpc) is 3.01. The number of hydrogen-bond donors (Lipinski definition) is 1. The zero-order valence-corrected chi connectivity index (χ0v) is 12.7. The molecule has 116 valence electrons. The smallest absolute Gasteiger partial charge is 0.266 e. The minimum absolute atomic E-state index is 0.682. The monoisotopic (exact) mass is 298 g/mol. The predicted molar refractivity (Wildman–Crippen MR) is 85.0 cm³/mol. The summed E-state index contributed by atoms with van der Waals surface area (Å²) in [6, 6.07) is 10.8. The van der Waals surface area contributed by atoms with Crippen LogP contribution in [-0.4, -0.2) is 36.3 Å². The fraction of sp³-hybridized carbons (Fsp3) is 0.529. The molecule has 4 rings (SSSR count). The quantitative estimate of drug-likeness (QED) is 0.938. The normalized spacial score (nSPS) is 25.0. The molecule has 2 aliphatic rings. The zero-order valence-electron chi connectivity index (χ0n) is 12.7. The van der Waals surface area contributed by atoms with E-state index in [-0.39, 0.29) is 0 Å². The largest absolute Gasteiger partial charge is 0.337 e. The van der Waals surface area contributed by atoms with E-state index < -0.39 is 0 Å². The van der Waals surface area contributed by atoms with Crippen molar-refractivity contribution in [2.75, 3.05) is 31.1 Å². The van der Waals surface area contributed by atoms with E-state index in [4.69, 9.17) is 4.52 Å². The van der Waals surface area contributed by atoms with Crippen LogP contribution in [0, 0.1) is 5.92 Å². The first-order valence-corrected chi connectivity index (χ1v) is 8.21. The summed E-state index contributed by atoms with van der Waals surface area (Å²) < 4.78 is 5.44. The van der Waals surface area contributed by atoms with Crippen LogP contribution in [0.25, 0.3) is 0 Å². The summed E-state index contributed by atoms with van der Waals surface area (Å²) in [4.78, 5) is 6.77. The standard InChI is InChI=1S/C17H22N4O/c1-2-4-14(5-3-1)15-10-13(11-15)12-16-19-17(20-22-16)21-8-6-18-7-9-21/h1-5,13,15,18H,6-12H2. The highest BCUT2D eigenvalue weighted by Crippen LogP contribution is 2.42. The number of aromatic nitrogens is 2. The summed E-state index contributed by atoms with van der Waals surface area (Å²) >= 11 is 0. The lowest BCUT2D eigenvalue weighted by Gasteiger charge is -2.34. The number of nitrogens with zero attached hydrogens (tertiary/aromatic N) is 3. The molecule has 1 aliphatic carbocycles. The van der Waals surface area contributed by atoms with E-state index >= 15 is 0 Å². The number of rotatable bonds is 4. The molecule has 1 saturated heterocycles. The Morgan fingerprint density at radius 2 is 1.91 bits per heavy atom. The molecule has 1 saturated carbocycles. The molecule has 2 heterocycles. The van der Waals surface area contributed by atoms with E-state index in [1.807, 2.05) is 0 Å². The number of nitrogens with one attached hydrogen (secondary N) is 1. The van der Waals surface area contributed by atoms with Gasteiger partial charge in [0.1, 0.15) is 0 Å². The van der Waals surface area contributed by atoms with E-state index in [1.54, 1.807) is 0 Å². The summed E-state index contributed by atoms with van der Waals surface area (Å²) in [6.45, 7) is 3.90. The first-order chi connectivity index (χ1) is 10.9. The second kappa shape index (κ2) is 6.08.